The molecular formula is C11H18Cl2N2O. The molecule has 0 aromatic carbocycles. The van der Waals surface area contributed by atoms with E-state index in [4.69, 9.17) is 4.74 Å². The van der Waals surface area contributed by atoms with E-state index in [1.165, 1.54) is 12.8 Å². The lowest BCUT2D eigenvalue weighted by atomic mass is 10.0. The highest BCUT2D eigenvalue weighted by molar-refractivity contribution is 5.85. The largest absolute Gasteiger partial charge is 0.493 e. The molecule has 1 N–H and O–H groups in total. The predicted octanol–water partition coefficient (Wildman–Crippen LogP) is 2.30. The molecule has 0 bridgehead atoms. The van der Waals surface area contributed by atoms with Crippen LogP contribution >= 0.6 is 24.8 Å². The van der Waals surface area contributed by atoms with Gasteiger partial charge >= 0.3 is 0 Å². The number of nitrogens with one attached hydrogen (secondary N) is 1. The molecule has 92 valence electrons. The van der Waals surface area contributed by atoms with Gasteiger partial charge in [-0.05, 0) is 31.5 Å². The summed E-state index contributed by atoms with van der Waals surface area (Å²) in [6, 6.07) is 3.80. The van der Waals surface area contributed by atoms with Crippen molar-refractivity contribution >= 4 is 24.8 Å². The molecule has 1 fully saturated rings. The van der Waals surface area contributed by atoms with Gasteiger partial charge in [-0.2, -0.15) is 0 Å². The van der Waals surface area contributed by atoms with Crippen molar-refractivity contribution < 1.29 is 4.74 Å². The second kappa shape index (κ2) is 8.62. The molecule has 2 heterocycles. The fraction of sp³-hybridized carbons (Fsp3) is 0.545. The number of piperidine rings is 1. The summed E-state index contributed by atoms with van der Waals surface area (Å²) in [7, 11) is 0. The van der Waals surface area contributed by atoms with E-state index in [9.17, 15) is 0 Å². The number of nitrogens with zero attached hydrogens (tertiary/aromatic N) is 1. The number of halogens is 2. The normalized spacial score (nSPS) is 19.1. The van der Waals surface area contributed by atoms with E-state index in [0.717, 1.165) is 25.4 Å². The third-order valence-electron chi connectivity index (χ3n) is 2.53. The Morgan fingerprint density at radius 3 is 2.69 bits per heavy atom. The fourth-order valence-corrected chi connectivity index (χ4v) is 1.71. The summed E-state index contributed by atoms with van der Waals surface area (Å²) in [6.07, 6.45) is 6.06. The maximum Gasteiger partial charge on any atom is 0.122 e. The van der Waals surface area contributed by atoms with Crippen LogP contribution in [0.25, 0.3) is 0 Å². The van der Waals surface area contributed by atoms with Crippen LogP contribution in [0.4, 0.5) is 0 Å². The monoisotopic (exact) mass is 264 g/mol. The number of aromatic nitrogens is 1. The van der Waals surface area contributed by atoms with E-state index < -0.39 is 0 Å². The van der Waals surface area contributed by atoms with Gasteiger partial charge < -0.3 is 10.1 Å². The highest BCUT2D eigenvalue weighted by Crippen LogP contribution is 2.13. The van der Waals surface area contributed by atoms with Crippen molar-refractivity contribution in [2.75, 3.05) is 19.7 Å². The van der Waals surface area contributed by atoms with Gasteiger partial charge in [0.15, 0.2) is 0 Å². The molecule has 1 aromatic heterocycles. The second-order valence-corrected chi connectivity index (χ2v) is 3.71. The minimum atomic E-state index is 0. The Balaban J connectivity index is 0.00000112. The van der Waals surface area contributed by atoms with Gasteiger partial charge in [0.05, 0.1) is 6.61 Å². The molecule has 2 rings (SSSR count). The van der Waals surface area contributed by atoms with Gasteiger partial charge in [0, 0.05) is 24.9 Å². The van der Waals surface area contributed by atoms with Gasteiger partial charge in [-0.15, -0.1) is 24.8 Å². The molecule has 1 unspecified atom stereocenters. The van der Waals surface area contributed by atoms with Crippen LogP contribution in [0.2, 0.25) is 0 Å². The lowest BCUT2D eigenvalue weighted by Gasteiger charge is -2.22. The summed E-state index contributed by atoms with van der Waals surface area (Å²) in [6.45, 7) is 3.06. The highest BCUT2D eigenvalue weighted by atomic mass is 35.5. The van der Waals surface area contributed by atoms with Crippen LogP contribution in [-0.2, 0) is 0 Å². The Morgan fingerprint density at radius 1 is 1.31 bits per heavy atom. The number of hydrogen-bond acceptors (Lipinski definition) is 3. The molecule has 0 amide bonds. The zero-order valence-electron chi connectivity index (χ0n) is 9.09. The second-order valence-electron chi connectivity index (χ2n) is 3.71. The third kappa shape index (κ3) is 5.01. The van der Waals surface area contributed by atoms with Crippen LogP contribution in [0.15, 0.2) is 24.5 Å². The summed E-state index contributed by atoms with van der Waals surface area (Å²) >= 11 is 0. The lowest BCUT2D eigenvalue weighted by molar-refractivity contribution is 0.218. The average Bonchev–Trinajstić information content (AvgIpc) is 2.29. The molecule has 0 radical (unpaired) electrons. The minimum Gasteiger partial charge on any atom is -0.493 e. The highest BCUT2D eigenvalue weighted by Gasteiger charge is 2.13. The first kappa shape index (κ1) is 15.5. The molecule has 0 aliphatic carbocycles. The van der Waals surface area contributed by atoms with Crippen LogP contribution in [0.5, 0.6) is 5.75 Å². The first-order valence-corrected chi connectivity index (χ1v) is 5.19. The Labute approximate surface area is 109 Å². The van der Waals surface area contributed by atoms with Crippen LogP contribution in [0.1, 0.15) is 12.8 Å². The van der Waals surface area contributed by atoms with Crippen molar-refractivity contribution in [2.24, 2.45) is 5.92 Å². The predicted molar refractivity (Wildman–Crippen MR) is 69.8 cm³/mol. The van der Waals surface area contributed by atoms with E-state index in [2.05, 4.69) is 10.3 Å². The van der Waals surface area contributed by atoms with Gasteiger partial charge in [-0.3, -0.25) is 4.98 Å². The Hall–Kier alpha value is -0.510. The van der Waals surface area contributed by atoms with Crippen molar-refractivity contribution in [3.63, 3.8) is 0 Å². The molecule has 0 spiro atoms. The van der Waals surface area contributed by atoms with E-state index >= 15 is 0 Å². The number of rotatable bonds is 3. The first-order valence-electron chi connectivity index (χ1n) is 5.19. The smallest absolute Gasteiger partial charge is 0.122 e. The molecule has 16 heavy (non-hydrogen) atoms. The van der Waals surface area contributed by atoms with Crippen LogP contribution in [0.3, 0.4) is 0 Å². The van der Waals surface area contributed by atoms with E-state index in [-0.39, 0.29) is 24.8 Å². The van der Waals surface area contributed by atoms with Crippen molar-refractivity contribution in [3.05, 3.63) is 24.5 Å². The molecule has 1 saturated heterocycles. The Kier molecular flexibility index (Phi) is 8.35. The maximum atomic E-state index is 5.67. The van der Waals surface area contributed by atoms with E-state index in [1.54, 1.807) is 12.4 Å². The molecule has 1 aliphatic rings. The average molecular weight is 265 g/mol. The summed E-state index contributed by atoms with van der Waals surface area (Å²) in [5.74, 6) is 1.59. The summed E-state index contributed by atoms with van der Waals surface area (Å²) in [5, 5.41) is 3.38. The molecule has 3 nitrogen and oxygen atoms in total. The lowest BCUT2D eigenvalue weighted by Crippen LogP contribution is -2.33. The number of pyridine rings is 1. The van der Waals surface area contributed by atoms with Crippen LogP contribution < -0.4 is 10.1 Å². The summed E-state index contributed by atoms with van der Waals surface area (Å²) < 4.78 is 5.67. The third-order valence-corrected chi connectivity index (χ3v) is 2.53. The van der Waals surface area contributed by atoms with Crippen molar-refractivity contribution in [2.45, 2.75) is 12.8 Å². The molecule has 1 atom stereocenters. The fourth-order valence-electron chi connectivity index (χ4n) is 1.71. The zero-order valence-corrected chi connectivity index (χ0v) is 10.7. The van der Waals surface area contributed by atoms with Gasteiger partial charge in [-0.25, -0.2) is 0 Å². The number of hydrogen-bond donors (Lipinski definition) is 1. The maximum absolute atomic E-state index is 5.67. The first-order chi connectivity index (χ1) is 6.95. The van der Waals surface area contributed by atoms with Gasteiger partial charge in [-0.1, -0.05) is 0 Å². The standard InChI is InChI=1S/C11H16N2O.2ClH/c1-2-10(8-13-5-1)9-14-11-3-6-12-7-4-11;;/h3-4,6-7,10,13H,1-2,5,8-9H2;2*1H. The van der Waals surface area contributed by atoms with E-state index in [1.807, 2.05) is 12.1 Å². The molecule has 1 aromatic rings. The molecule has 1 aliphatic heterocycles. The summed E-state index contributed by atoms with van der Waals surface area (Å²) in [5.41, 5.74) is 0. The van der Waals surface area contributed by atoms with E-state index in [0.29, 0.717) is 5.92 Å². The van der Waals surface area contributed by atoms with Gasteiger partial charge in [0.25, 0.3) is 0 Å². The van der Waals surface area contributed by atoms with Gasteiger partial charge in [0.1, 0.15) is 5.75 Å². The van der Waals surface area contributed by atoms with Crippen molar-refractivity contribution in [1.82, 2.24) is 10.3 Å². The molecule has 0 saturated carbocycles. The minimum absolute atomic E-state index is 0. The van der Waals surface area contributed by atoms with Gasteiger partial charge in [0.2, 0.25) is 0 Å². The molecular weight excluding hydrogens is 247 g/mol. The van der Waals surface area contributed by atoms with Crippen LogP contribution in [-0.4, -0.2) is 24.7 Å². The number of ether oxygens (including phenoxy) is 1. The topological polar surface area (TPSA) is 34.1 Å². The Morgan fingerprint density at radius 2 is 2.06 bits per heavy atom. The van der Waals surface area contributed by atoms with Crippen molar-refractivity contribution in [1.29, 1.82) is 0 Å². The van der Waals surface area contributed by atoms with Crippen molar-refractivity contribution in [3.8, 4) is 5.75 Å². The summed E-state index contributed by atoms with van der Waals surface area (Å²) in [4.78, 5) is 3.95. The Bertz CT molecular complexity index is 266. The zero-order chi connectivity index (χ0) is 9.64. The molecule has 5 heteroatoms. The SMILES string of the molecule is Cl.Cl.c1cc(OCC2CCCNC2)ccn1. The van der Waals surface area contributed by atoms with Crippen LogP contribution in [0, 0.1) is 5.92 Å². The quantitative estimate of drug-likeness (QED) is 0.910.